The summed E-state index contributed by atoms with van der Waals surface area (Å²) in [5, 5.41) is 0.508. The zero-order chi connectivity index (χ0) is 25.1. The lowest BCUT2D eigenvalue weighted by Crippen LogP contribution is -2.44. The van der Waals surface area contributed by atoms with Gasteiger partial charge in [-0.2, -0.15) is 0 Å². The topological polar surface area (TPSA) is 66.9 Å². The van der Waals surface area contributed by atoms with Gasteiger partial charge >= 0.3 is 0 Å². The summed E-state index contributed by atoms with van der Waals surface area (Å²) < 4.78 is 5.94. The summed E-state index contributed by atoms with van der Waals surface area (Å²) in [5.74, 6) is -1.84. The molecule has 6 rings (SSSR count). The average Bonchev–Trinajstić information content (AvgIpc) is 3.36. The molecular weight excluding hydrogens is 544 g/mol. The largest absolute Gasteiger partial charge is 0.496 e. The van der Waals surface area contributed by atoms with Gasteiger partial charge in [0.1, 0.15) is 11.8 Å². The number of nitrogens with zero attached hydrogens (tertiary/aromatic N) is 2. The highest BCUT2D eigenvalue weighted by Gasteiger charge is 2.64. The van der Waals surface area contributed by atoms with Crippen LogP contribution in [0.2, 0.25) is 5.02 Å². The van der Waals surface area contributed by atoms with Gasteiger partial charge in [0.25, 0.3) is 0 Å². The monoisotopic (exact) mass is 562 g/mol. The molecule has 0 N–H and O–H groups in total. The zero-order valence-corrected chi connectivity index (χ0v) is 21.4. The Bertz CT molecular complexity index is 1450. The molecule has 2 fully saturated rings. The number of ether oxygens (including phenoxy) is 1. The number of hydrogen-bond acceptors (Lipinski definition) is 5. The highest BCUT2D eigenvalue weighted by Crippen LogP contribution is 2.53. The fraction of sp³-hybridized carbons (Fsp3) is 0.179. The van der Waals surface area contributed by atoms with Crippen molar-refractivity contribution >= 4 is 56.9 Å². The van der Waals surface area contributed by atoms with Crippen molar-refractivity contribution in [1.82, 2.24) is 4.90 Å². The number of halogens is 2. The molecule has 0 saturated carbocycles. The van der Waals surface area contributed by atoms with E-state index in [2.05, 4.69) is 15.9 Å². The number of rotatable bonds is 4. The Kier molecular flexibility index (Phi) is 5.50. The average molecular weight is 564 g/mol. The van der Waals surface area contributed by atoms with E-state index in [0.29, 0.717) is 26.5 Å². The maximum Gasteiger partial charge on any atom is 0.240 e. The lowest BCUT2D eigenvalue weighted by molar-refractivity contribution is -0.123. The molecule has 3 aliphatic heterocycles. The summed E-state index contributed by atoms with van der Waals surface area (Å²) >= 11 is 9.49. The fourth-order valence-corrected chi connectivity index (χ4v) is 6.36. The molecule has 8 heteroatoms. The molecular formula is C28H20BrClN2O4. The van der Waals surface area contributed by atoms with Crippen LogP contribution in [0, 0.1) is 11.8 Å². The molecule has 0 radical (unpaired) electrons. The van der Waals surface area contributed by atoms with Gasteiger partial charge < -0.3 is 9.64 Å². The summed E-state index contributed by atoms with van der Waals surface area (Å²) in [6.07, 6.45) is 3.78. The van der Waals surface area contributed by atoms with Crippen molar-refractivity contribution in [2.24, 2.45) is 11.8 Å². The van der Waals surface area contributed by atoms with Crippen LogP contribution in [0.4, 0.5) is 5.69 Å². The number of amides is 2. The number of hydrogen-bond donors (Lipinski definition) is 0. The Morgan fingerprint density at radius 3 is 2.42 bits per heavy atom. The summed E-state index contributed by atoms with van der Waals surface area (Å²) in [4.78, 5) is 44.9. The highest BCUT2D eigenvalue weighted by molar-refractivity contribution is 9.10. The Balaban J connectivity index is 1.48. The number of benzene rings is 3. The van der Waals surface area contributed by atoms with Crippen LogP contribution < -0.4 is 9.64 Å². The number of methoxy groups -OCH3 is 1. The van der Waals surface area contributed by atoms with Gasteiger partial charge in [0.05, 0.1) is 35.1 Å². The van der Waals surface area contributed by atoms with E-state index in [0.717, 1.165) is 11.1 Å². The minimum absolute atomic E-state index is 0.223. The predicted molar refractivity (Wildman–Crippen MR) is 140 cm³/mol. The van der Waals surface area contributed by atoms with Gasteiger partial charge in [-0.25, -0.2) is 4.90 Å². The zero-order valence-electron chi connectivity index (χ0n) is 19.1. The third kappa shape index (κ3) is 3.33. The molecule has 3 aliphatic rings. The summed E-state index contributed by atoms with van der Waals surface area (Å²) in [5.41, 5.74) is 2.79. The Morgan fingerprint density at radius 1 is 0.972 bits per heavy atom. The molecule has 0 aromatic heterocycles. The van der Waals surface area contributed by atoms with Gasteiger partial charge in [0.15, 0.2) is 5.78 Å². The molecule has 6 nitrogen and oxygen atoms in total. The van der Waals surface area contributed by atoms with E-state index in [1.807, 2.05) is 41.4 Å². The van der Waals surface area contributed by atoms with E-state index >= 15 is 0 Å². The predicted octanol–water partition coefficient (Wildman–Crippen LogP) is 5.51. The number of imide groups is 1. The molecule has 0 bridgehead atoms. The fourth-order valence-electron chi connectivity index (χ4n) is 5.69. The molecule has 4 atom stereocenters. The first-order valence-electron chi connectivity index (χ1n) is 11.5. The first kappa shape index (κ1) is 23.0. The van der Waals surface area contributed by atoms with Crippen LogP contribution in [-0.2, 0) is 9.59 Å². The van der Waals surface area contributed by atoms with Gasteiger partial charge in [-0.15, -0.1) is 0 Å². The standard InChI is InChI=1S/C28H20BrClN2O4/c1-36-21-11-6-16(14-20(21)29)26(33)25-23-22(24-19-5-3-2-4-15(19)12-13-31(24)25)27(34)32(28(23)35)18-9-7-17(30)8-10-18/h2-14,22-25H,1H3/t22-,23-,24+,25+/m0/s1. The van der Waals surface area contributed by atoms with Crippen molar-refractivity contribution in [1.29, 1.82) is 0 Å². The van der Waals surface area contributed by atoms with Crippen LogP contribution in [0.1, 0.15) is 27.5 Å². The molecule has 0 aliphatic carbocycles. The minimum atomic E-state index is -0.835. The van der Waals surface area contributed by atoms with E-state index in [-0.39, 0.29) is 17.6 Å². The van der Waals surface area contributed by atoms with Crippen molar-refractivity contribution in [3.8, 4) is 5.75 Å². The van der Waals surface area contributed by atoms with Crippen molar-refractivity contribution < 1.29 is 19.1 Å². The molecule has 180 valence electrons. The minimum Gasteiger partial charge on any atom is -0.496 e. The van der Waals surface area contributed by atoms with Crippen molar-refractivity contribution in [3.05, 3.63) is 99.1 Å². The van der Waals surface area contributed by atoms with Crippen LogP contribution in [0.15, 0.2) is 77.4 Å². The number of anilines is 1. The van der Waals surface area contributed by atoms with E-state index in [9.17, 15) is 14.4 Å². The lowest BCUT2D eigenvalue weighted by atomic mass is 9.83. The Morgan fingerprint density at radius 2 is 1.69 bits per heavy atom. The molecule has 0 spiro atoms. The first-order chi connectivity index (χ1) is 17.4. The van der Waals surface area contributed by atoms with Gasteiger partial charge in [0.2, 0.25) is 11.8 Å². The Hall–Kier alpha value is -3.42. The van der Waals surface area contributed by atoms with Crippen LogP contribution >= 0.6 is 27.5 Å². The highest BCUT2D eigenvalue weighted by atomic mass is 79.9. The summed E-state index contributed by atoms with van der Waals surface area (Å²) in [7, 11) is 1.55. The summed E-state index contributed by atoms with van der Waals surface area (Å²) in [6, 6.07) is 18.2. The second-order valence-corrected chi connectivity index (χ2v) is 10.3. The van der Waals surface area contributed by atoms with Gasteiger partial charge in [-0.1, -0.05) is 35.9 Å². The molecule has 2 saturated heterocycles. The van der Waals surface area contributed by atoms with Crippen molar-refractivity contribution in [2.45, 2.75) is 12.1 Å². The maximum atomic E-state index is 14.0. The Labute approximate surface area is 221 Å². The number of ketones is 1. The van der Waals surface area contributed by atoms with E-state index in [4.69, 9.17) is 16.3 Å². The molecule has 2 amide bonds. The molecule has 0 unspecified atom stereocenters. The smallest absolute Gasteiger partial charge is 0.240 e. The second-order valence-electron chi connectivity index (χ2n) is 9.03. The van der Waals surface area contributed by atoms with Crippen molar-refractivity contribution in [2.75, 3.05) is 12.0 Å². The second kappa shape index (κ2) is 8.61. The van der Waals surface area contributed by atoms with E-state index < -0.39 is 23.9 Å². The SMILES string of the molecule is COc1ccc(C(=O)[C@H]2[C@H]3C(=O)N(c4ccc(Cl)cc4)C(=O)[C@@H]3[C@H]3c4ccccc4C=CN32)cc1Br. The molecule has 36 heavy (non-hydrogen) atoms. The van der Waals surface area contributed by atoms with E-state index in [1.165, 1.54) is 4.90 Å². The maximum absolute atomic E-state index is 14.0. The summed E-state index contributed by atoms with van der Waals surface area (Å²) in [6.45, 7) is 0. The van der Waals surface area contributed by atoms with Gasteiger partial charge in [-0.05, 0) is 75.6 Å². The lowest BCUT2D eigenvalue weighted by Gasteiger charge is -2.35. The first-order valence-corrected chi connectivity index (χ1v) is 12.6. The molecule has 3 aromatic carbocycles. The van der Waals surface area contributed by atoms with Crippen molar-refractivity contribution in [3.63, 3.8) is 0 Å². The number of fused-ring (bicyclic) bond motifs is 5. The van der Waals surface area contributed by atoms with Crippen LogP contribution in [0.25, 0.3) is 6.08 Å². The van der Waals surface area contributed by atoms with E-state index in [1.54, 1.807) is 49.6 Å². The molecule has 3 aromatic rings. The number of Topliss-reactive ketones (excluding diaryl/α,β-unsaturated/α-hetero) is 1. The van der Waals surface area contributed by atoms with Crippen LogP contribution in [-0.4, -0.2) is 35.6 Å². The number of carbonyl (C=O) groups is 3. The van der Waals surface area contributed by atoms with Gasteiger partial charge in [0, 0.05) is 16.8 Å². The third-order valence-electron chi connectivity index (χ3n) is 7.25. The van der Waals surface area contributed by atoms with Crippen LogP contribution in [0.3, 0.4) is 0 Å². The van der Waals surface area contributed by atoms with Gasteiger partial charge in [-0.3, -0.25) is 14.4 Å². The quantitative estimate of drug-likeness (QED) is 0.309. The van der Waals surface area contributed by atoms with Crippen LogP contribution in [0.5, 0.6) is 5.75 Å². The third-order valence-corrected chi connectivity index (χ3v) is 8.12. The normalized spacial score (nSPS) is 24.0. The molecule has 3 heterocycles. The number of carbonyl (C=O) groups excluding carboxylic acids is 3.